The number of fused-ring (bicyclic) bond motifs is 1. The van der Waals surface area contributed by atoms with Gasteiger partial charge in [0.25, 0.3) is 0 Å². The largest absolute Gasteiger partial charge is 0.493 e. The second kappa shape index (κ2) is 5.19. The van der Waals surface area contributed by atoms with Crippen LogP contribution in [0.3, 0.4) is 0 Å². The predicted octanol–water partition coefficient (Wildman–Crippen LogP) is 2.45. The molecule has 0 saturated carbocycles. The van der Waals surface area contributed by atoms with Crippen LogP contribution in [0, 0.1) is 11.6 Å². The number of ether oxygens (including phenoxy) is 1. The van der Waals surface area contributed by atoms with Crippen LogP contribution in [0.5, 0.6) is 5.75 Å². The molecule has 0 radical (unpaired) electrons. The van der Waals surface area contributed by atoms with Crippen LogP contribution in [0.2, 0.25) is 0 Å². The standard InChI is InChI=1S/C15H14F2N2O/c16-12-6-2-4-10(13(12)17)14(19-18)11-5-1-3-9-7-8-20-15(9)11/h1-6,14,19H,7-8,18H2. The van der Waals surface area contributed by atoms with Crippen LogP contribution in [0.4, 0.5) is 8.78 Å². The molecule has 2 aromatic carbocycles. The van der Waals surface area contributed by atoms with Gasteiger partial charge in [-0.05, 0) is 11.6 Å². The van der Waals surface area contributed by atoms with Crippen molar-refractivity contribution >= 4 is 0 Å². The molecule has 20 heavy (non-hydrogen) atoms. The van der Waals surface area contributed by atoms with E-state index in [1.54, 1.807) is 6.07 Å². The van der Waals surface area contributed by atoms with Gasteiger partial charge in [-0.15, -0.1) is 0 Å². The third-order valence-corrected chi connectivity index (χ3v) is 3.51. The third-order valence-electron chi connectivity index (χ3n) is 3.51. The van der Waals surface area contributed by atoms with Crippen LogP contribution in [0.1, 0.15) is 22.7 Å². The second-order valence-corrected chi connectivity index (χ2v) is 4.68. The number of hydrazine groups is 1. The summed E-state index contributed by atoms with van der Waals surface area (Å²) in [6.45, 7) is 0.593. The summed E-state index contributed by atoms with van der Waals surface area (Å²) in [5, 5.41) is 0. The molecule has 0 amide bonds. The highest BCUT2D eigenvalue weighted by Crippen LogP contribution is 2.36. The van der Waals surface area contributed by atoms with Crippen molar-refractivity contribution in [2.75, 3.05) is 6.61 Å². The van der Waals surface area contributed by atoms with Crippen LogP contribution in [-0.2, 0) is 6.42 Å². The molecular weight excluding hydrogens is 262 g/mol. The van der Waals surface area contributed by atoms with Crippen molar-refractivity contribution in [1.29, 1.82) is 0 Å². The van der Waals surface area contributed by atoms with E-state index in [0.717, 1.165) is 18.1 Å². The molecule has 5 heteroatoms. The van der Waals surface area contributed by atoms with E-state index < -0.39 is 17.7 Å². The fraction of sp³-hybridized carbons (Fsp3) is 0.200. The van der Waals surface area contributed by atoms with Gasteiger partial charge in [0.2, 0.25) is 0 Å². The smallest absolute Gasteiger partial charge is 0.163 e. The van der Waals surface area contributed by atoms with Crippen LogP contribution in [0.15, 0.2) is 36.4 Å². The highest BCUT2D eigenvalue weighted by atomic mass is 19.2. The monoisotopic (exact) mass is 276 g/mol. The van der Waals surface area contributed by atoms with E-state index in [4.69, 9.17) is 10.6 Å². The summed E-state index contributed by atoms with van der Waals surface area (Å²) in [4.78, 5) is 0. The average molecular weight is 276 g/mol. The molecule has 1 atom stereocenters. The molecule has 0 aliphatic carbocycles. The second-order valence-electron chi connectivity index (χ2n) is 4.68. The molecule has 1 aliphatic heterocycles. The average Bonchev–Trinajstić information content (AvgIpc) is 2.93. The Bertz CT molecular complexity index is 646. The molecule has 0 aromatic heterocycles. The summed E-state index contributed by atoms with van der Waals surface area (Å²) in [6, 6.07) is 9.03. The van der Waals surface area contributed by atoms with Gasteiger partial charge in [-0.25, -0.2) is 14.2 Å². The highest BCUT2D eigenvalue weighted by Gasteiger charge is 2.25. The van der Waals surface area contributed by atoms with Crippen LogP contribution < -0.4 is 16.0 Å². The first-order chi connectivity index (χ1) is 9.72. The molecule has 1 unspecified atom stereocenters. The first-order valence-corrected chi connectivity index (χ1v) is 6.37. The van der Waals surface area contributed by atoms with Gasteiger partial charge in [-0.2, -0.15) is 0 Å². The molecule has 1 heterocycles. The van der Waals surface area contributed by atoms with E-state index in [1.807, 2.05) is 12.1 Å². The van der Waals surface area contributed by atoms with Gasteiger partial charge >= 0.3 is 0 Å². The summed E-state index contributed by atoms with van der Waals surface area (Å²) < 4.78 is 32.9. The van der Waals surface area contributed by atoms with Crippen molar-refractivity contribution < 1.29 is 13.5 Å². The van der Waals surface area contributed by atoms with Crippen LogP contribution >= 0.6 is 0 Å². The lowest BCUT2D eigenvalue weighted by Gasteiger charge is -2.20. The lowest BCUT2D eigenvalue weighted by Crippen LogP contribution is -2.30. The summed E-state index contributed by atoms with van der Waals surface area (Å²) in [6.07, 6.45) is 0.812. The van der Waals surface area contributed by atoms with Gasteiger partial charge in [-0.1, -0.05) is 30.3 Å². The lowest BCUT2D eigenvalue weighted by atomic mass is 9.96. The summed E-state index contributed by atoms with van der Waals surface area (Å²) in [7, 11) is 0. The quantitative estimate of drug-likeness (QED) is 0.668. The van der Waals surface area contributed by atoms with E-state index in [-0.39, 0.29) is 5.56 Å². The van der Waals surface area contributed by atoms with E-state index in [2.05, 4.69) is 5.43 Å². The normalized spacial score (nSPS) is 14.8. The van der Waals surface area contributed by atoms with Crippen molar-refractivity contribution in [3.8, 4) is 5.75 Å². The minimum atomic E-state index is -0.897. The molecular formula is C15H14F2N2O. The van der Waals surface area contributed by atoms with Crippen LogP contribution in [0.25, 0.3) is 0 Å². The van der Waals surface area contributed by atoms with Crippen molar-refractivity contribution in [2.24, 2.45) is 5.84 Å². The maximum absolute atomic E-state index is 14.0. The molecule has 104 valence electrons. The number of halogens is 2. The Balaban J connectivity index is 2.11. The molecule has 3 nitrogen and oxygen atoms in total. The van der Waals surface area contributed by atoms with Gasteiger partial charge in [0, 0.05) is 17.5 Å². The Kier molecular flexibility index (Phi) is 3.38. The number of para-hydroxylation sites is 1. The maximum atomic E-state index is 14.0. The Morgan fingerprint density at radius 3 is 2.65 bits per heavy atom. The lowest BCUT2D eigenvalue weighted by molar-refractivity contribution is 0.350. The number of nitrogens with one attached hydrogen (secondary N) is 1. The molecule has 0 bridgehead atoms. The van der Waals surface area contributed by atoms with Gasteiger partial charge in [0.05, 0.1) is 12.6 Å². The van der Waals surface area contributed by atoms with Crippen molar-refractivity contribution in [3.05, 3.63) is 64.7 Å². The molecule has 1 aliphatic rings. The van der Waals surface area contributed by atoms with Crippen molar-refractivity contribution in [1.82, 2.24) is 5.43 Å². The zero-order valence-electron chi connectivity index (χ0n) is 10.7. The molecule has 3 N–H and O–H groups in total. The van der Waals surface area contributed by atoms with Gasteiger partial charge in [0.15, 0.2) is 11.6 Å². The number of hydrogen-bond donors (Lipinski definition) is 2. The molecule has 2 aromatic rings. The summed E-state index contributed by atoms with van der Waals surface area (Å²) in [5.74, 6) is 4.47. The first kappa shape index (κ1) is 13.0. The van der Waals surface area contributed by atoms with E-state index in [0.29, 0.717) is 17.9 Å². The fourth-order valence-electron chi connectivity index (χ4n) is 2.56. The van der Waals surface area contributed by atoms with E-state index in [9.17, 15) is 8.78 Å². The summed E-state index contributed by atoms with van der Waals surface area (Å²) >= 11 is 0. The minimum Gasteiger partial charge on any atom is -0.493 e. The first-order valence-electron chi connectivity index (χ1n) is 6.37. The topological polar surface area (TPSA) is 47.3 Å². The highest BCUT2D eigenvalue weighted by molar-refractivity contribution is 5.48. The van der Waals surface area contributed by atoms with Gasteiger partial charge in [-0.3, -0.25) is 5.84 Å². The van der Waals surface area contributed by atoms with E-state index >= 15 is 0 Å². The fourth-order valence-corrected chi connectivity index (χ4v) is 2.56. The van der Waals surface area contributed by atoms with E-state index in [1.165, 1.54) is 12.1 Å². The third kappa shape index (κ3) is 2.05. The minimum absolute atomic E-state index is 0.163. The number of nitrogens with two attached hydrogens (primary N) is 1. The van der Waals surface area contributed by atoms with Crippen LogP contribution in [-0.4, -0.2) is 6.61 Å². The Hall–Kier alpha value is -1.98. The Morgan fingerprint density at radius 2 is 1.85 bits per heavy atom. The SMILES string of the molecule is NNC(c1cccc(F)c1F)c1cccc2c1OCC2. The molecule has 0 saturated heterocycles. The molecule has 0 fully saturated rings. The molecule has 3 rings (SSSR count). The summed E-state index contributed by atoms with van der Waals surface area (Å²) in [5.41, 5.74) is 4.48. The number of rotatable bonds is 3. The van der Waals surface area contributed by atoms with Crippen molar-refractivity contribution in [3.63, 3.8) is 0 Å². The zero-order valence-corrected chi connectivity index (χ0v) is 10.7. The van der Waals surface area contributed by atoms with Gasteiger partial charge < -0.3 is 4.74 Å². The van der Waals surface area contributed by atoms with Crippen molar-refractivity contribution in [2.45, 2.75) is 12.5 Å². The number of benzene rings is 2. The van der Waals surface area contributed by atoms with Gasteiger partial charge in [0.1, 0.15) is 5.75 Å². The molecule has 0 spiro atoms. The predicted molar refractivity (Wildman–Crippen MR) is 71.2 cm³/mol. The number of hydrogen-bond acceptors (Lipinski definition) is 3. The Morgan fingerprint density at radius 1 is 1.10 bits per heavy atom. The zero-order chi connectivity index (χ0) is 14.1. The maximum Gasteiger partial charge on any atom is 0.163 e. The Labute approximate surface area is 115 Å².